The van der Waals surface area contributed by atoms with Crippen molar-refractivity contribution in [3.05, 3.63) is 96.6 Å². The molecule has 16 heteroatoms. The van der Waals surface area contributed by atoms with E-state index in [-0.39, 0.29) is 33.1 Å². The van der Waals surface area contributed by atoms with Crippen LogP contribution in [0.25, 0.3) is 22.3 Å². The lowest BCUT2D eigenvalue weighted by Gasteiger charge is -2.28. The van der Waals surface area contributed by atoms with Crippen LogP contribution in [0, 0.1) is 11.6 Å². The third-order valence-corrected chi connectivity index (χ3v) is 11.5. The second-order valence-electron chi connectivity index (χ2n) is 14.9. The molecule has 0 aliphatic carbocycles. The standard InChI is InChI=1S/C23H27FN2O5S.C18H19FN2O3S/c1-23(2,3)31-22(28)26-13-7-9-19(26)21(27)25-18-12-11-15(14-17(18)24)16-8-5-6-10-20(16)32(4,29)30;1-25(23,24)17-7-3-2-5-13(17)12-8-9-15(14(19)11-12)21-18(22)16-6-4-10-20-16/h5-6,8,10-12,14,19H,7,9,13H2,1-4H3,(H,25,27);2-3,5,7-9,11,16,20H,4,6,10H2,1H3,(H,21,22). The van der Waals surface area contributed by atoms with E-state index in [0.29, 0.717) is 41.6 Å². The van der Waals surface area contributed by atoms with Crippen molar-refractivity contribution >= 4 is 49.0 Å². The SMILES string of the molecule is CC(C)(C)OC(=O)N1CCCC1C(=O)Nc1ccc(-c2ccccc2S(C)(=O)=O)cc1F.CS(=O)(=O)c1ccccc1-c1ccc(NC(=O)C2CCCN2)c(F)c1. The van der Waals surface area contributed by atoms with E-state index < -0.39 is 55.0 Å². The van der Waals surface area contributed by atoms with Crippen molar-refractivity contribution in [3.8, 4) is 22.3 Å². The Bertz CT molecular complexity index is 2380. The summed E-state index contributed by atoms with van der Waals surface area (Å²) < 4.78 is 82.5. The molecule has 0 saturated carbocycles. The molecule has 12 nitrogen and oxygen atoms in total. The molecule has 0 radical (unpaired) electrons. The maximum atomic E-state index is 14.8. The summed E-state index contributed by atoms with van der Waals surface area (Å²) in [5.74, 6) is -2.08. The number of sulfone groups is 2. The van der Waals surface area contributed by atoms with E-state index in [1.165, 1.54) is 41.3 Å². The molecule has 2 fully saturated rings. The van der Waals surface area contributed by atoms with Crippen molar-refractivity contribution in [3.63, 3.8) is 0 Å². The molecule has 304 valence electrons. The Morgan fingerprint density at radius 3 is 1.65 bits per heavy atom. The highest BCUT2D eigenvalue weighted by Crippen LogP contribution is 2.32. The number of anilines is 2. The van der Waals surface area contributed by atoms with Crippen LogP contribution in [0.4, 0.5) is 25.0 Å². The zero-order valence-electron chi connectivity index (χ0n) is 32.3. The third kappa shape index (κ3) is 11.0. The quantitative estimate of drug-likeness (QED) is 0.173. The molecule has 2 aliphatic rings. The smallest absolute Gasteiger partial charge is 0.410 e. The van der Waals surface area contributed by atoms with Gasteiger partial charge in [0.25, 0.3) is 0 Å². The van der Waals surface area contributed by atoms with E-state index in [0.717, 1.165) is 31.9 Å². The number of halogens is 2. The molecule has 4 aromatic rings. The highest BCUT2D eigenvalue weighted by atomic mass is 32.2. The van der Waals surface area contributed by atoms with E-state index >= 15 is 0 Å². The fraction of sp³-hybridized carbons (Fsp3) is 0.341. The Kier molecular flexibility index (Phi) is 13.2. The number of hydrogen-bond acceptors (Lipinski definition) is 9. The molecule has 0 spiro atoms. The summed E-state index contributed by atoms with van der Waals surface area (Å²) >= 11 is 0. The predicted molar refractivity (Wildman–Crippen MR) is 214 cm³/mol. The zero-order valence-corrected chi connectivity index (χ0v) is 33.9. The number of benzene rings is 4. The summed E-state index contributed by atoms with van der Waals surface area (Å²) in [6, 6.07) is 20.1. The maximum Gasteiger partial charge on any atom is 0.410 e. The monoisotopic (exact) mass is 824 g/mol. The van der Waals surface area contributed by atoms with Crippen LogP contribution in [0.15, 0.2) is 94.7 Å². The molecule has 3 amide bonds. The second kappa shape index (κ2) is 17.5. The van der Waals surface area contributed by atoms with Gasteiger partial charge < -0.3 is 20.7 Å². The molecule has 0 aromatic heterocycles. The van der Waals surface area contributed by atoms with Gasteiger partial charge in [-0.3, -0.25) is 14.5 Å². The zero-order chi connectivity index (χ0) is 41.7. The van der Waals surface area contributed by atoms with Gasteiger partial charge in [0.1, 0.15) is 23.3 Å². The van der Waals surface area contributed by atoms with Crippen LogP contribution >= 0.6 is 0 Å². The number of rotatable bonds is 8. The van der Waals surface area contributed by atoms with Crippen LogP contribution in [0.5, 0.6) is 0 Å². The summed E-state index contributed by atoms with van der Waals surface area (Å²) in [6.45, 7) is 6.40. The van der Waals surface area contributed by atoms with E-state index in [4.69, 9.17) is 4.74 Å². The average Bonchev–Trinajstić information content (AvgIpc) is 3.86. The van der Waals surface area contributed by atoms with Gasteiger partial charge in [0, 0.05) is 30.2 Å². The van der Waals surface area contributed by atoms with Gasteiger partial charge in [0.15, 0.2) is 19.7 Å². The molecule has 4 aromatic carbocycles. The van der Waals surface area contributed by atoms with Crippen molar-refractivity contribution < 1.29 is 44.7 Å². The van der Waals surface area contributed by atoms with Gasteiger partial charge in [-0.2, -0.15) is 0 Å². The van der Waals surface area contributed by atoms with E-state index in [1.54, 1.807) is 69.3 Å². The Morgan fingerprint density at radius 2 is 1.21 bits per heavy atom. The number of carbonyl (C=O) groups is 3. The van der Waals surface area contributed by atoms with Crippen molar-refractivity contribution in [2.24, 2.45) is 0 Å². The normalized spacial score (nSPS) is 17.0. The van der Waals surface area contributed by atoms with Crippen LogP contribution in [0.2, 0.25) is 0 Å². The van der Waals surface area contributed by atoms with Gasteiger partial charge in [0.05, 0.1) is 27.2 Å². The van der Waals surface area contributed by atoms with Gasteiger partial charge in [-0.1, -0.05) is 48.5 Å². The van der Waals surface area contributed by atoms with Gasteiger partial charge in [-0.25, -0.2) is 30.4 Å². The molecule has 2 aliphatic heterocycles. The van der Waals surface area contributed by atoms with Crippen LogP contribution in [-0.2, 0) is 34.0 Å². The minimum absolute atomic E-state index is 0.0494. The van der Waals surface area contributed by atoms with Crippen molar-refractivity contribution in [1.82, 2.24) is 10.2 Å². The number of nitrogens with zero attached hydrogens (tertiary/aromatic N) is 1. The number of amides is 3. The Labute approximate surface area is 331 Å². The topological polar surface area (TPSA) is 168 Å². The van der Waals surface area contributed by atoms with Crippen molar-refractivity contribution in [2.75, 3.05) is 36.2 Å². The maximum absolute atomic E-state index is 14.8. The number of hydrogen-bond donors (Lipinski definition) is 3. The molecular weight excluding hydrogens is 779 g/mol. The van der Waals surface area contributed by atoms with Crippen LogP contribution in [-0.4, -0.2) is 82.9 Å². The van der Waals surface area contributed by atoms with Gasteiger partial charge in [-0.15, -0.1) is 0 Å². The van der Waals surface area contributed by atoms with Gasteiger partial charge in [0.2, 0.25) is 11.8 Å². The average molecular weight is 825 g/mol. The number of likely N-dealkylation sites (tertiary alicyclic amines) is 1. The first-order valence-electron chi connectivity index (χ1n) is 18.3. The molecular formula is C41H46F2N4O8S2. The molecule has 2 unspecified atom stereocenters. The Morgan fingerprint density at radius 1 is 0.719 bits per heavy atom. The molecule has 2 saturated heterocycles. The first-order chi connectivity index (χ1) is 26.7. The summed E-state index contributed by atoms with van der Waals surface area (Å²) in [6.07, 6.45) is 4.37. The Balaban J connectivity index is 0.000000224. The minimum Gasteiger partial charge on any atom is -0.444 e. The molecule has 6 rings (SSSR count). The van der Waals surface area contributed by atoms with Crippen LogP contribution in [0.1, 0.15) is 46.5 Å². The van der Waals surface area contributed by atoms with Crippen LogP contribution in [0.3, 0.4) is 0 Å². The molecule has 2 atom stereocenters. The van der Waals surface area contributed by atoms with Crippen LogP contribution < -0.4 is 16.0 Å². The molecule has 2 heterocycles. The number of nitrogens with one attached hydrogen (secondary N) is 3. The van der Waals surface area contributed by atoms with Gasteiger partial charge >= 0.3 is 6.09 Å². The summed E-state index contributed by atoms with van der Waals surface area (Å²) in [5.41, 5.74) is 0.961. The molecule has 3 N–H and O–H groups in total. The fourth-order valence-corrected chi connectivity index (χ4v) is 8.37. The molecule has 57 heavy (non-hydrogen) atoms. The highest BCUT2D eigenvalue weighted by Gasteiger charge is 2.37. The summed E-state index contributed by atoms with van der Waals surface area (Å²) in [7, 11) is -6.94. The lowest BCUT2D eigenvalue weighted by Crippen LogP contribution is -2.45. The predicted octanol–water partition coefficient (Wildman–Crippen LogP) is 6.82. The van der Waals surface area contributed by atoms with Gasteiger partial charge in [-0.05, 0) is 101 Å². The van der Waals surface area contributed by atoms with Crippen molar-refractivity contribution in [1.29, 1.82) is 0 Å². The number of ether oxygens (including phenoxy) is 1. The van der Waals surface area contributed by atoms with E-state index in [1.807, 2.05) is 0 Å². The van der Waals surface area contributed by atoms with E-state index in [2.05, 4.69) is 16.0 Å². The first-order valence-corrected chi connectivity index (χ1v) is 22.0. The fourth-order valence-electron chi connectivity index (χ4n) is 6.55. The summed E-state index contributed by atoms with van der Waals surface area (Å²) in [5, 5.41) is 8.18. The summed E-state index contributed by atoms with van der Waals surface area (Å²) in [4.78, 5) is 38.9. The lowest BCUT2D eigenvalue weighted by atomic mass is 10.0. The Hall–Kier alpha value is -5.19. The third-order valence-electron chi connectivity index (χ3n) is 9.21. The molecule has 0 bridgehead atoms. The second-order valence-corrected chi connectivity index (χ2v) is 18.9. The number of carbonyl (C=O) groups excluding carboxylic acids is 3. The lowest BCUT2D eigenvalue weighted by molar-refractivity contribution is -0.120. The first kappa shape index (κ1) is 42.9. The van der Waals surface area contributed by atoms with Crippen molar-refractivity contribution in [2.45, 2.75) is 73.9 Å². The van der Waals surface area contributed by atoms with E-state index in [9.17, 15) is 40.0 Å². The minimum atomic E-state index is -3.50. The highest BCUT2D eigenvalue weighted by molar-refractivity contribution is 7.91. The largest absolute Gasteiger partial charge is 0.444 e.